The molecule has 2 aromatic heterocycles. The smallest absolute Gasteiger partial charge is 0.343 e. The first-order valence-electron chi connectivity index (χ1n) is 10.6. The second-order valence-corrected chi connectivity index (χ2v) is 7.13. The largest absolute Gasteiger partial charge is 0.496 e. The maximum Gasteiger partial charge on any atom is 0.343 e. The van der Waals surface area contributed by atoms with Crippen LogP contribution in [0.1, 0.15) is 22.8 Å². The fourth-order valence-corrected chi connectivity index (χ4v) is 3.46. The van der Waals surface area contributed by atoms with Gasteiger partial charge in [0.25, 0.3) is 0 Å². The number of esters is 1. The van der Waals surface area contributed by atoms with E-state index in [0.29, 0.717) is 46.8 Å². The molecule has 10 heteroatoms. The first-order valence-corrected chi connectivity index (χ1v) is 10.6. The van der Waals surface area contributed by atoms with E-state index in [-0.39, 0.29) is 12.2 Å². The molecule has 0 saturated heterocycles. The summed E-state index contributed by atoms with van der Waals surface area (Å²) in [5.74, 6) is 2.16. The van der Waals surface area contributed by atoms with Gasteiger partial charge in [0.2, 0.25) is 5.95 Å². The molecule has 4 aromatic rings. The number of carbonyl (C=O) groups is 1. The Morgan fingerprint density at radius 2 is 1.76 bits per heavy atom. The number of benzene rings is 2. The number of aromatic nitrogens is 4. The van der Waals surface area contributed by atoms with Crippen LogP contribution in [-0.2, 0) is 11.3 Å². The topological polar surface area (TPSA) is 109 Å². The van der Waals surface area contributed by atoms with Crippen LogP contribution < -0.4 is 19.5 Å². The number of methoxy groups -OCH3 is 3. The van der Waals surface area contributed by atoms with Gasteiger partial charge in [-0.2, -0.15) is 4.52 Å². The number of nitrogens with one attached hydrogen (secondary N) is 1. The van der Waals surface area contributed by atoms with E-state index in [0.717, 1.165) is 5.56 Å². The highest BCUT2D eigenvalue weighted by Gasteiger charge is 2.21. The highest BCUT2D eigenvalue weighted by Crippen LogP contribution is 2.30. The molecule has 1 N–H and O–H groups in total. The van der Waals surface area contributed by atoms with Crippen molar-refractivity contribution in [2.75, 3.05) is 33.3 Å². The molecule has 0 spiro atoms. The summed E-state index contributed by atoms with van der Waals surface area (Å²) in [6, 6.07) is 13.0. The molecule has 0 atom stereocenters. The van der Waals surface area contributed by atoms with Gasteiger partial charge in [0.05, 0.1) is 33.5 Å². The van der Waals surface area contributed by atoms with Crippen molar-refractivity contribution in [3.05, 3.63) is 59.8 Å². The Morgan fingerprint density at radius 3 is 2.50 bits per heavy atom. The van der Waals surface area contributed by atoms with Gasteiger partial charge < -0.3 is 24.3 Å². The van der Waals surface area contributed by atoms with Crippen LogP contribution in [0.25, 0.3) is 17.0 Å². The van der Waals surface area contributed by atoms with Crippen molar-refractivity contribution in [3.8, 4) is 28.6 Å². The van der Waals surface area contributed by atoms with Crippen LogP contribution in [0.3, 0.4) is 0 Å². The minimum absolute atomic E-state index is 0.215. The van der Waals surface area contributed by atoms with E-state index in [1.807, 2.05) is 42.5 Å². The molecule has 176 valence electrons. The highest BCUT2D eigenvalue weighted by molar-refractivity contribution is 5.96. The average molecular weight is 463 g/mol. The van der Waals surface area contributed by atoms with E-state index >= 15 is 0 Å². The third-order valence-corrected chi connectivity index (χ3v) is 5.11. The summed E-state index contributed by atoms with van der Waals surface area (Å²) in [6.07, 6.45) is 1.44. The summed E-state index contributed by atoms with van der Waals surface area (Å²) in [5.41, 5.74) is 2.16. The zero-order valence-corrected chi connectivity index (χ0v) is 19.4. The third-order valence-electron chi connectivity index (χ3n) is 5.11. The number of fused-ring (bicyclic) bond motifs is 1. The summed E-state index contributed by atoms with van der Waals surface area (Å²) in [4.78, 5) is 21.6. The zero-order valence-electron chi connectivity index (χ0n) is 19.4. The molecule has 2 aromatic carbocycles. The van der Waals surface area contributed by atoms with Gasteiger partial charge in [-0.05, 0) is 36.8 Å². The second kappa shape index (κ2) is 10.1. The number of ether oxygens (including phenoxy) is 4. The van der Waals surface area contributed by atoms with Crippen LogP contribution in [0.2, 0.25) is 0 Å². The number of hydrogen-bond donors (Lipinski definition) is 1. The molecule has 0 aliphatic heterocycles. The average Bonchev–Trinajstić information content (AvgIpc) is 3.32. The Hall–Kier alpha value is -4.34. The SMILES string of the molecule is CCOC(=O)c1cnc(NCc2ccc(OC)c(OC)c2)n2nc(-c3ccccc3OC)nc12. The lowest BCUT2D eigenvalue weighted by atomic mass is 10.2. The number of nitrogens with zero attached hydrogens (tertiary/aromatic N) is 4. The number of hydrogen-bond acceptors (Lipinski definition) is 9. The summed E-state index contributed by atoms with van der Waals surface area (Å²) >= 11 is 0. The van der Waals surface area contributed by atoms with E-state index in [4.69, 9.17) is 18.9 Å². The van der Waals surface area contributed by atoms with Crippen molar-refractivity contribution in [2.24, 2.45) is 0 Å². The van der Waals surface area contributed by atoms with Crippen LogP contribution in [-0.4, -0.2) is 53.5 Å². The maximum atomic E-state index is 12.5. The molecule has 10 nitrogen and oxygen atoms in total. The normalized spacial score (nSPS) is 10.7. The highest BCUT2D eigenvalue weighted by atomic mass is 16.5. The Labute approximate surface area is 196 Å². The van der Waals surface area contributed by atoms with Crippen molar-refractivity contribution >= 4 is 17.6 Å². The molecule has 0 radical (unpaired) electrons. The quantitative estimate of drug-likeness (QED) is 0.372. The fraction of sp³-hybridized carbons (Fsp3) is 0.250. The number of para-hydroxylation sites is 1. The van der Waals surface area contributed by atoms with Gasteiger partial charge in [0, 0.05) is 12.7 Å². The predicted molar refractivity (Wildman–Crippen MR) is 126 cm³/mol. The van der Waals surface area contributed by atoms with Crippen molar-refractivity contribution < 1.29 is 23.7 Å². The lowest BCUT2D eigenvalue weighted by Gasteiger charge is -2.11. The minimum atomic E-state index is -0.523. The summed E-state index contributed by atoms with van der Waals surface area (Å²) in [5, 5.41) is 7.87. The van der Waals surface area contributed by atoms with Crippen LogP contribution in [0.4, 0.5) is 5.95 Å². The van der Waals surface area contributed by atoms with Crippen LogP contribution >= 0.6 is 0 Å². The van der Waals surface area contributed by atoms with Crippen LogP contribution in [0.5, 0.6) is 17.2 Å². The fourth-order valence-electron chi connectivity index (χ4n) is 3.46. The summed E-state index contributed by atoms with van der Waals surface area (Å²) in [7, 11) is 4.75. The van der Waals surface area contributed by atoms with Crippen molar-refractivity contribution in [2.45, 2.75) is 13.5 Å². The standard InChI is InChI=1S/C24H25N5O5/c1-5-34-23(30)17-14-26-24(25-13-15-10-11-19(32-3)20(12-15)33-4)29-22(17)27-21(28-29)16-8-6-7-9-18(16)31-2/h6-12,14H,5,13H2,1-4H3,(H,25,26). The van der Waals surface area contributed by atoms with Gasteiger partial charge in [-0.3, -0.25) is 0 Å². The van der Waals surface area contributed by atoms with E-state index in [2.05, 4.69) is 20.4 Å². The monoisotopic (exact) mass is 463 g/mol. The maximum absolute atomic E-state index is 12.5. The predicted octanol–water partition coefficient (Wildman–Crippen LogP) is 3.61. The Balaban J connectivity index is 1.74. The van der Waals surface area contributed by atoms with Crippen molar-refractivity contribution in [1.82, 2.24) is 19.6 Å². The molecule has 0 aliphatic carbocycles. The van der Waals surface area contributed by atoms with Crippen LogP contribution in [0, 0.1) is 0 Å². The van der Waals surface area contributed by atoms with Gasteiger partial charge in [-0.25, -0.2) is 14.8 Å². The molecule has 34 heavy (non-hydrogen) atoms. The van der Waals surface area contributed by atoms with E-state index in [9.17, 15) is 4.79 Å². The van der Waals surface area contributed by atoms with Gasteiger partial charge in [0.15, 0.2) is 23.0 Å². The van der Waals surface area contributed by atoms with Gasteiger partial charge in [-0.1, -0.05) is 18.2 Å². The molecular formula is C24H25N5O5. The molecule has 2 heterocycles. The minimum Gasteiger partial charge on any atom is -0.496 e. The van der Waals surface area contributed by atoms with E-state index < -0.39 is 5.97 Å². The molecule has 4 rings (SSSR count). The number of anilines is 1. The first-order chi connectivity index (χ1) is 16.6. The summed E-state index contributed by atoms with van der Waals surface area (Å²) < 4.78 is 22.8. The van der Waals surface area contributed by atoms with Gasteiger partial charge >= 0.3 is 5.97 Å². The molecular weight excluding hydrogens is 438 g/mol. The van der Waals surface area contributed by atoms with E-state index in [1.165, 1.54) is 10.7 Å². The zero-order chi connectivity index (χ0) is 24.1. The molecule has 0 saturated carbocycles. The van der Waals surface area contributed by atoms with Crippen LogP contribution in [0.15, 0.2) is 48.7 Å². The number of rotatable bonds is 9. The van der Waals surface area contributed by atoms with Gasteiger partial charge in [0.1, 0.15) is 11.3 Å². The van der Waals surface area contributed by atoms with E-state index in [1.54, 1.807) is 28.3 Å². The number of carbonyl (C=O) groups excluding carboxylic acids is 1. The molecule has 0 amide bonds. The molecule has 0 bridgehead atoms. The second-order valence-electron chi connectivity index (χ2n) is 7.13. The third kappa shape index (κ3) is 4.42. The summed E-state index contributed by atoms with van der Waals surface area (Å²) in [6.45, 7) is 2.40. The van der Waals surface area contributed by atoms with Crippen molar-refractivity contribution in [1.29, 1.82) is 0 Å². The Bertz CT molecular complexity index is 1320. The Morgan fingerprint density at radius 1 is 1.00 bits per heavy atom. The Kier molecular flexibility index (Phi) is 6.77. The lowest BCUT2D eigenvalue weighted by Crippen LogP contribution is -2.12. The first kappa shape index (κ1) is 22.8. The molecule has 0 fully saturated rings. The molecule has 0 unspecified atom stereocenters. The molecule has 0 aliphatic rings. The van der Waals surface area contributed by atoms with Gasteiger partial charge in [-0.15, -0.1) is 5.10 Å². The van der Waals surface area contributed by atoms with Crippen molar-refractivity contribution in [3.63, 3.8) is 0 Å². The lowest BCUT2D eigenvalue weighted by molar-refractivity contribution is 0.0527.